The van der Waals surface area contributed by atoms with Gasteiger partial charge in [0.15, 0.2) is 4.90 Å². The Morgan fingerprint density at radius 3 is 2.32 bits per heavy atom. The van der Waals surface area contributed by atoms with Gasteiger partial charge in [-0.25, -0.2) is 13.4 Å². The fourth-order valence-electron chi connectivity index (χ4n) is 4.95. The Bertz CT molecular complexity index is 1830. The summed E-state index contributed by atoms with van der Waals surface area (Å²) < 4.78 is 40.0. The van der Waals surface area contributed by atoms with Crippen molar-refractivity contribution in [2.75, 3.05) is 19.5 Å². The molecular formula is C32H34N4O7S. The highest BCUT2D eigenvalue weighted by atomic mass is 32.2. The first-order valence-corrected chi connectivity index (χ1v) is 15.9. The van der Waals surface area contributed by atoms with Crippen molar-refractivity contribution in [1.29, 1.82) is 0 Å². The van der Waals surface area contributed by atoms with Crippen LogP contribution in [-0.2, 0) is 21.1 Å². The van der Waals surface area contributed by atoms with E-state index in [0.29, 0.717) is 29.8 Å². The summed E-state index contributed by atoms with van der Waals surface area (Å²) in [6.45, 7) is 2.03. The van der Waals surface area contributed by atoms with E-state index in [9.17, 15) is 23.1 Å². The van der Waals surface area contributed by atoms with E-state index >= 15 is 0 Å². The van der Waals surface area contributed by atoms with Gasteiger partial charge in [0.1, 0.15) is 28.8 Å². The SMILES string of the molecule is CCCCCc1nc(O)c(S(=O)(=O)c2ccc(-c3ccnc(NC(=O)C4CC4)c3)cc2)c(=O)n1-c1c(OC)cccc1OC. The van der Waals surface area contributed by atoms with E-state index in [2.05, 4.69) is 15.3 Å². The van der Waals surface area contributed by atoms with E-state index in [0.717, 1.165) is 30.3 Å². The molecule has 44 heavy (non-hydrogen) atoms. The zero-order valence-corrected chi connectivity index (χ0v) is 25.6. The van der Waals surface area contributed by atoms with E-state index in [-0.39, 0.29) is 39.7 Å². The van der Waals surface area contributed by atoms with Gasteiger partial charge in [-0.1, -0.05) is 38.0 Å². The van der Waals surface area contributed by atoms with Crippen LogP contribution in [0.15, 0.2) is 75.4 Å². The lowest BCUT2D eigenvalue weighted by Gasteiger charge is -2.19. The second kappa shape index (κ2) is 12.9. The fourth-order valence-corrected chi connectivity index (χ4v) is 6.29. The van der Waals surface area contributed by atoms with Gasteiger partial charge in [0, 0.05) is 18.5 Å². The minimum absolute atomic E-state index is 0.0231. The van der Waals surface area contributed by atoms with Gasteiger partial charge in [0.05, 0.1) is 19.1 Å². The van der Waals surface area contributed by atoms with E-state index in [4.69, 9.17) is 9.47 Å². The molecule has 2 aromatic carbocycles. The maximum Gasteiger partial charge on any atom is 0.281 e. The van der Waals surface area contributed by atoms with Gasteiger partial charge in [0.25, 0.3) is 5.56 Å². The Balaban J connectivity index is 1.57. The number of sulfone groups is 1. The van der Waals surface area contributed by atoms with Gasteiger partial charge < -0.3 is 19.9 Å². The number of benzene rings is 2. The van der Waals surface area contributed by atoms with Crippen LogP contribution in [0.4, 0.5) is 5.82 Å². The maximum absolute atomic E-state index is 14.1. The average molecular weight is 619 g/mol. The molecule has 2 heterocycles. The number of para-hydroxylation sites is 1. The predicted molar refractivity (Wildman–Crippen MR) is 164 cm³/mol. The molecule has 2 N–H and O–H groups in total. The molecule has 2 aromatic heterocycles. The molecule has 230 valence electrons. The molecule has 1 aliphatic carbocycles. The standard InChI is InChI=1S/C32H34N4O7S/c1-4-5-6-10-27-35-31(38)29(32(39)36(27)28-24(42-2)8-7-9-25(28)43-3)44(40,41)23-15-13-20(14-16-23)22-17-18-33-26(19-22)34-30(37)21-11-12-21/h7-9,13-19,21,38H,4-6,10-12H2,1-3H3,(H,33,34,37). The molecule has 0 saturated heterocycles. The molecule has 1 amide bonds. The van der Waals surface area contributed by atoms with Crippen LogP contribution in [0.5, 0.6) is 17.4 Å². The third-order valence-electron chi connectivity index (χ3n) is 7.45. The predicted octanol–water partition coefficient (Wildman–Crippen LogP) is 4.93. The lowest BCUT2D eigenvalue weighted by Crippen LogP contribution is -2.29. The Morgan fingerprint density at radius 2 is 1.70 bits per heavy atom. The minimum atomic E-state index is -4.53. The van der Waals surface area contributed by atoms with Crippen LogP contribution in [0.25, 0.3) is 16.8 Å². The third kappa shape index (κ3) is 6.16. The average Bonchev–Trinajstić information content (AvgIpc) is 3.87. The van der Waals surface area contributed by atoms with Crippen molar-refractivity contribution in [2.24, 2.45) is 5.92 Å². The second-order valence-electron chi connectivity index (χ2n) is 10.5. The Hall–Kier alpha value is -4.71. The number of nitrogens with zero attached hydrogens (tertiary/aromatic N) is 3. The summed E-state index contributed by atoms with van der Waals surface area (Å²) in [7, 11) is -1.67. The van der Waals surface area contributed by atoms with Gasteiger partial charge in [-0.05, 0) is 66.8 Å². The lowest BCUT2D eigenvalue weighted by atomic mass is 10.1. The Morgan fingerprint density at radius 1 is 1.02 bits per heavy atom. The quantitative estimate of drug-likeness (QED) is 0.211. The highest BCUT2D eigenvalue weighted by Crippen LogP contribution is 2.35. The number of methoxy groups -OCH3 is 2. The Kier molecular flexibility index (Phi) is 9.00. The monoisotopic (exact) mass is 618 g/mol. The van der Waals surface area contributed by atoms with Gasteiger partial charge in [-0.3, -0.25) is 14.2 Å². The van der Waals surface area contributed by atoms with Crippen LogP contribution in [0.1, 0.15) is 44.9 Å². The maximum atomic E-state index is 14.1. The largest absolute Gasteiger partial charge is 0.494 e. The number of unbranched alkanes of at least 4 members (excludes halogenated alkanes) is 2. The van der Waals surface area contributed by atoms with Crippen LogP contribution >= 0.6 is 0 Å². The normalized spacial score (nSPS) is 13.0. The topological polar surface area (TPSA) is 150 Å². The first-order chi connectivity index (χ1) is 21.2. The van der Waals surface area contributed by atoms with Gasteiger partial charge in [0.2, 0.25) is 21.6 Å². The summed E-state index contributed by atoms with van der Waals surface area (Å²) in [6, 6.07) is 14.3. The molecule has 1 fully saturated rings. The highest BCUT2D eigenvalue weighted by Gasteiger charge is 2.32. The summed E-state index contributed by atoms with van der Waals surface area (Å²) in [5.74, 6) is 0.202. The zero-order valence-electron chi connectivity index (χ0n) is 24.7. The number of aromatic nitrogens is 3. The van der Waals surface area contributed by atoms with E-state index in [1.807, 2.05) is 6.92 Å². The van der Waals surface area contributed by atoms with Crippen molar-refractivity contribution in [3.63, 3.8) is 0 Å². The molecule has 0 unspecified atom stereocenters. The van der Waals surface area contributed by atoms with Crippen LogP contribution in [0, 0.1) is 5.92 Å². The molecule has 5 rings (SSSR count). The molecule has 11 nitrogen and oxygen atoms in total. The summed E-state index contributed by atoms with van der Waals surface area (Å²) in [5, 5.41) is 13.7. The molecule has 0 spiro atoms. The number of carbonyl (C=O) groups is 1. The van der Waals surface area contributed by atoms with Crippen molar-refractivity contribution >= 4 is 21.6 Å². The molecule has 0 bridgehead atoms. The van der Waals surface area contributed by atoms with Crippen molar-refractivity contribution in [3.05, 3.63) is 77.0 Å². The highest BCUT2D eigenvalue weighted by molar-refractivity contribution is 7.91. The van der Waals surface area contributed by atoms with Crippen LogP contribution in [0.3, 0.4) is 0 Å². The number of ether oxygens (including phenoxy) is 2. The summed E-state index contributed by atoms with van der Waals surface area (Å²) in [5.41, 5.74) is 0.594. The zero-order chi connectivity index (χ0) is 31.4. The molecule has 1 saturated carbocycles. The van der Waals surface area contributed by atoms with Crippen LogP contribution in [-0.4, -0.2) is 48.2 Å². The third-order valence-corrected chi connectivity index (χ3v) is 9.24. The number of aryl methyl sites for hydroxylation is 1. The van der Waals surface area contributed by atoms with Crippen LogP contribution in [0.2, 0.25) is 0 Å². The summed E-state index contributed by atoms with van der Waals surface area (Å²) in [6.07, 6.45) is 6.01. The van der Waals surface area contributed by atoms with Gasteiger partial charge in [-0.15, -0.1) is 0 Å². The van der Waals surface area contributed by atoms with E-state index in [1.165, 1.54) is 26.4 Å². The number of anilines is 1. The molecule has 4 aromatic rings. The lowest BCUT2D eigenvalue weighted by molar-refractivity contribution is -0.117. The number of nitrogens with one attached hydrogen (secondary N) is 1. The molecule has 0 aliphatic heterocycles. The molecule has 1 aliphatic rings. The number of aromatic hydroxyl groups is 1. The first-order valence-electron chi connectivity index (χ1n) is 14.4. The van der Waals surface area contributed by atoms with Crippen molar-refractivity contribution in [3.8, 4) is 34.2 Å². The minimum Gasteiger partial charge on any atom is -0.494 e. The second-order valence-corrected chi connectivity index (χ2v) is 12.4. The van der Waals surface area contributed by atoms with Crippen molar-refractivity contribution in [2.45, 2.75) is 55.2 Å². The Labute approximate surface area is 255 Å². The number of pyridine rings is 1. The van der Waals surface area contributed by atoms with E-state index in [1.54, 1.807) is 48.7 Å². The number of hydrogen-bond donors (Lipinski definition) is 2. The van der Waals surface area contributed by atoms with E-state index < -0.39 is 26.2 Å². The fraction of sp³-hybridized carbons (Fsp3) is 0.312. The van der Waals surface area contributed by atoms with Gasteiger partial charge in [-0.2, -0.15) is 4.98 Å². The van der Waals surface area contributed by atoms with Crippen molar-refractivity contribution < 1.29 is 27.8 Å². The molecule has 0 radical (unpaired) electrons. The molecule has 0 atom stereocenters. The number of hydrogen-bond acceptors (Lipinski definition) is 9. The summed E-state index contributed by atoms with van der Waals surface area (Å²) >= 11 is 0. The van der Waals surface area contributed by atoms with Gasteiger partial charge >= 0.3 is 0 Å². The molecular weight excluding hydrogens is 584 g/mol. The first kappa shape index (κ1) is 30.7. The van der Waals surface area contributed by atoms with Crippen molar-refractivity contribution in [1.82, 2.24) is 14.5 Å². The van der Waals surface area contributed by atoms with Crippen LogP contribution < -0.4 is 20.3 Å². The molecule has 12 heteroatoms. The smallest absolute Gasteiger partial charge is 0.281 e. The number of amides is 1. The number of carbonyl (C=O) groups excluding carboxylic acids is 1. The number of rotatable bonds is 12. The summed E-state index contributed by atoms with van der Waals surface area (Å²) in [4.78, 5) is 33.6.